The summed E-state index contributed by atoms with van der Waals surface area (Å²) >= 11 is 0. The molecule has 316 valence electrons. The number of hydrogen-bond acceptors (Lipinski definition) is 5. The van der Waals surface area contributed by atoms with Gasteiger partial charge in [-0.05, 0) is 51.4 Å². The zero-order valence-electron chi connectivity index (χ0n) is 36.0. The number of aliphatic hydroxyl groups excluding tert-OH is 1. The van der Waals surface area contributed by atoms with E-state index < -0.39 is 6.10 Å². The van der Waals surface area contributed by atoms with Gasteiger partial charge in [-0.15, -0.1) is 0 Å². The Labute approximate surface area is 336 Å². The molecule has 0 saturated heterocycles. The highest BCUT2D eigenvalue weighted by atomic mass is 16.6. The van der Waals surface area contributed by atoms with Crippen LogP contribution >= 0.6 is 0 Å². The van der Waals surface area contributed by atoms with Crippen molar-refractivity contribution in [3.8, 4) is 0 Å². The van der Waals surface area contributed by atoms with E-state index in [4.69, 9.17) is 9.47 Å². The van der Waals surface area contributed by atoms with Crippen LogP contribution < -0.4 is 0 Å². The van der Waals surface area contributed by atoms with Gasteiger partial charge in [-0.1, -0.05) is 217 Å². The number of ether oxygens (including phenoxy) is 2. The number of esters is 2. The summed E-state index contributed by atoms with van der Waals surface area (Å²) in [5.41, 5.74) is 0. The monoisotopic (exact) mass is 759 g/mol. The Morgan fingerprint density at radius 3 is 1.11 bits per heavy atom. The summed E-state index contributed by atoms with van der Waals surface area (Å²) in [5, 5.41) is 9.53. The first-order valence-electron chi connectivity index (χ1n) is 23.5. The van der Waals surface area contributed by atoms with Gasteiger partial charge in [-0.2, -0.15) is 0 Å². The Morgan fingerprint density at radius 2 is 0.741 bits per heavy atom. The van der Waals surface area contributed by atoms with Crippen molar-refractivity contribution in [2.75, 3.05) is 13.2 Å². The van der Waals surface area contributed by atoms with Crippen molar-refractivity contribution in [3.05, 3.63) is 36.5 Å². The fraction of sp³-hybridized carbons (Fsp3) is 0.837. The van der Waals surface area contributed by atoms with Crippen LogP contribution in [0.15, 0.2) is 36.5 Å². The van der Waals surface area contributed by atoms with E-state index in [1.807, 2.05) is 0 Å². The van der Waals surface area contributed by atoms with Crippen molar-refractivity contribution in [2.24, 2.45) is 0 Å². The topological polar surface area (TPSA) is 72.8 Å². The molecule has 0 aromatic rings. The zero-order valence-corrected chi connectivity index (χ0v) is 36.0. The van der Waals surface area contributed by atoms with Crippen molar-refractivity contribution >= 4 is 11.9 Å². The quantitative estimate of drug-likeness (QED) is 0.0381. The third-order valence-electron chi connectivity index (χ3n) is 10.4. The maximum absolute atomic E-state index is 12.2. The maximum Gasteiger partial charge on any atom is 0.306 e. The summed E-state index contributed by atoms with van der Waals surface area (Å²) in [6.45, 7) is 4.09. The van der Waals surface area contributed by atoms with E-state index in [-0.39, 0.29) is 25.2 Å². The van der Waals surface area contributed by atoms with E-state index in [2.05, 4.69) is 50.3 Å². The molecule has 5 nitrogen and oxygen atoms in total. The van der Waals surface area contributed by atoms with Crippen molar-refractivity contribution in [1.29, 1.82) is 0 Å². The molecule has 0 aromatic carbocycles. The largest absolute Gasteiger partial charge is 0.462 e. The molecular weight excluding hydrogens is 669 g/mol. The average Bonchev–Trinajstić information content (AvgIpc) is 3.17. The lowest BCUT2D eigenvalue weighted by Crippen LogP contribution is -2.28. The lowest BCUT2D eigenvalue weighted by atomic mass is 10.0. The molecule has 0 radical (unpaired) electrons. The first-order valence-corrected chi connectivity index (χ1v) is 23.5. The van der Waals surface area contributed by atoms with Crippen LogP contribution in [-0.2, 0) is 19.1 Å². The predicted octanol–water partition coefficient (Wildman–Crippen LogP) is 15.2. The fourth-order valence-electron chi connectivity index (χ4n) is 6.86. The maximum atomic E-state index is 12.2. The van der Waals surface area contributed by atoms with Gasteiger partial charge in [0, 0.05) is 12.8 Å². The smallest absolute Gasteiger partial charge is 0.306 e. The number of rotatable bonds is 43. The SMILES string of the molecule is CCCCCCC/C=C\C/C=C\C/C=C\CCCCCCCCCCCCCCCCCCCCC(=O)OC(CO)COC(=O)CCCCCCCCC. The number of allylic oxidation sites excluding steroid dienone is 6. The highest BCUT2D eigenvalue weighted by molar-refractivity contribution is 5.70. The molecule has 0 fully saturated rings. The molecule has 5 heteroatoms. The number of hydrogen-bond donors (Lipinski definition) is 1. The van der Waals surface area contributed by atoms with Crippen LogP contribution in [0.1, 0.15) is 245 Å². The fourth-order valence-corrected chi connectivity index (χ4v) is 6.86. The molecule has 0 aliphatic rings. The second-order valence-electron chi connectivity index (χ2n) is 15.8. The molecule has 0 saturated carbocycles. The lowest BCUT2D eigenvalue weighted by molar-refractivity contribution is -0.161. The molecule has 1 N–H and O–H groups in total. The zero-order chi connectivity index (χ0) is 39.3. The third kappa shape index (κ3) is 42.9. The van der Waals surface area contributed by atoms with Gasteiger partial charge in [-0.3, -0.25) is 9.59 Å². The van der Waals surface area contributed by atoms with Crippen LogP contribution in [0.3, 0.4) is 0 Å². The molecule has 0 aromatic heterocycles. The second-order valence-corrected chi connectivity index (χ2v) is 15.8. The Hall–Kier alpha value is -1.88. The minimum atomic E-state index is -0.765. The second kappa shape index (κ2) is 45.5. The molecule has 1 atom stereocenters. The van der Waals surface area contributed by atoms with Gasteiger partial charge in [-0.25, -0.2) is 0 Å². The Kier molecular flexibility index (Phi) is 43.9. The molecule has 0 aliphatic carbocycles. The van der Waals surface area contributed by atoms with Crippen molar-refractivity contribution in [3.63, 3.8) is 0 Å². The van der Waals surface area contributed by atoms with Crippen LogP contribution in [0.5, 0.6) is 0 Å². The lowest BCUT2D eigenvalue weighted by Gasteiger charge is -2.15. The summed E-state index contributed by atoms with van der Waals surface area (Å²) in [6.07, 6.45) is 56.9. The molecule has 1 unspecified atom stereocenters. The number of unbranched alkanes of at least 4 members (excludes halogenated alkanes) is 29. The number of carbonyl (C=O) groups is 2. The van der Waals surface area contributed by atoms with Gasteiger partial charge in [0.05, 0.1) is 6.61 Å². The minimum Gasteiger partial charge on any atom is -0.462 e. The first kappa shape index (κ1) is 52.1. The normalized spacial score (nSPS) is 12.4. The Morgan fingerprint density at radius 1 is 0.426 bits per heavy atom. The summed E-state index contributed by atoms with van der Waals surface area (Å²) in [4.78, 5) is 24.1. The van der Waals surface area contributed by atoms with Crippen LogP contribution in [0, 0.1) is 0 Å². The van der Waals surface area contributed by atoms with E-state index in [1.165, 1.54) is 167 Å². The number of carbonyl (C=O) groups excluding carboxylic acids is 2. The molecule has 0 heterocycles. The van der Waals surface area contributed by atoms with Gasteiger partial charge in [0.2, 0.25) is 0 Å². The van der Waals surface area contributed by atoms with Crippen LogP contribution in [0.4, 0.5) is 0 Å². The first-order chi connectivity index (χ1) is 26.6. The third-order valence-corrected chi connectivity index (χ3v) is 10.4. The summed E-state index contributed by atoms with van der Waals surface area (Å²) in [6, 6.07) is 0. The van der Waals surface area contributed by atoms with Gasteiger partial charge in [0.15, 0.2) is 6.10 Å². The molecule has 0 rings (SSSR count). The van der Waals surface area contributed by atoms with Crippen LogP contribution in [0.25, 0.3) is 0 Å². The van der Waals surface area contributed by atoms with Gasteiger partial charge < -0.3 is 14.6 Å². The Bertz CT molecular complexity index is 862. The van der Waals surface area contributed by atoms with Crippen LogP contribution in [0.2, 0.25) is 0 Å². The van der Waals surface area contributed by atoms with E-state index in [0.717, 1.165) is 51.4 Å². The summed E-state index contributed by atoms with van der Waals surface area (Å²) in [7, 11) is 0. The van der Waals surface area contributed by atoms with E-state index >= 15 is 0 Å². The Balaban J connectivity index is 3.39. The molecule has 0 bridgehead atoms. The minimum absolute atomic E-state index is 0.0621. The molecule has 0 aliphatic heterocycles. The van der Waals surface area contributed by atoms with Gasteiger partial charge in [0.25, 0.3) is 0 Å². The van der Waals surface area contributed by atoms with Crippen molar-refractivity contribution in [2.45, 2.75) is 251 Å². The van der Waals surface area contributed by atoms with Crippen molar-refractivity contribution < 1.29 is 24.2 Å². The standard InChI is InChI=1S/C49H90O5/c1-3-5-7-9-11-12-13-14-15-16-17-18-19-20-21-22-23-24-25-26-27-28-29-30-31-32-33-34-35-36-38-40-42-44-49(52)54-47(45-50)46-53-48(51)43-41-39-37-10-8-6-4-2/h13-14,16-17,19-20,47,50H,3-12,15,18,21-46H2,1-2H3/b14-13-,17-16-,20-19-. The molecule has 54 heavy (non-hydrogen) atoms. The molecule has 0 spiro atoms. The highest BCUT2D eigenvalue weighted by Gasteiger charge is 2.16. The molecular formula is C49H90O5. The average molecular weight is 759 g/mol. The molecule has 0 amide bonds. The van der Waals surface area contributed by atoms with E-state index in [9.17, 15) is 14.7 Å². The highest BCUT2D eigenvalue weighted by Crippen LogP contribution is 2.16. The summed E-state index contributed by atoms with van der Waals surface area (Å²) in [5.74, 6) is -0.589. The van der Waals surface area contributed by atoms with E-state index in [1.54, 1.807) is 0 Å². The number of aliphatic hydroxyl groups is 1. The predicted molar refractivity (Wildman–Crippen MR) is 233 cm³/mol. The van der Waals surface area contributed by atoms with Crippen LogP contribution in [-0.4, -0.2) is 36.4 Å². The van der Waals surface area contributed by atoms with Crippen molar-refractivity contribution in [1.82, 2.24) is 0 Å². The summed E-state index contributed by atoms with van der Waals surface area (Å²) < 4.78 is 10.6. The van der Waals surface area contributed by atoms with Gasteiger partial charge >= 0.3 is 11.9 Å². The van der Waals surface area contributed by atoms with E-state index in [0.29, 0.717) is 12.8 Å². The van der Waals surface area contributed by atoms with Gasteiger partial charge in [0.1, 0.15) is 6.61 Å².